The van der Waals surface area contributed by atoms with Gasteiger partial charge >= 0.3 is 0 Å². The second-order valence-corrected chi connectivity index (χ2v) is 9.91. The maximum atomic E-state index is 13.8. The number of anilines is 1. The second-order valence-electron chi connectivity index (χ2n) is 9.91. The average Bonchev–Trinajstić information content (AvgIpc) is 2.80. The Hall–Kier alpha value is -3.89. The van der Waals surface area contributed by atoms with E-state index in [1.807, 2.05) is 18.2 Å². The Bertz CT molecular complexity index is 1440. The lowest BCUT2D eigenvalue weighted by molar-refractivity contribution is -0.153. The molecule has 2 aromatic rings. The van der Waals surface area contributed by atoms with E-state index >= 15 is 0 Å². The minimum atomic E-state index is -2.64. The molecular weight excluding hydrogens is 466 g/mol. The SMILES string of the molecule is CNc1ccc2cc3c(c(O)c2c1)C(O)=C1C(=O)[C@]2(O)C(O)=C(C(N)=O)C(=O)[C@@H](N(C)C)[C@@H]2C[C@@H]1C3. The van der Waals surface area contributed by atoms with E-state index in [4.69, 9.17) is 5.73 Å². The number of aliphatic hydroxyl groups excluding tert-OH is 2. The van der Waals surface area contributed by atoms with E-state index in [0.29, 0.717) is 10.9 Å². The van der Waals surface area contributed by atoms with Gasteiger partial charge in [0.05, 0.1) is 11.6 Å². The minimum absolute atomic E-state index is 0.0588. The number of carbonyl (C=O) groups is 3. The van der Waals surface area contributed by atoms with Crippen LogP contribution in [0.25, 0.3) is 16.5 Å². The zero-order valence-corrected chi connectivity index (χ0v) is 20.0. The van der Waals surface area contributed by atoms with Gasteiger partial charge in [-0.3, -0.25) is 19.3 Å². The Morgan fingerprint density at radius 2 is 1.86 bits per heavy atom. The van der Waals surface area contributed by atoms with Gasteiger partial charge in [0, 0.05) is 29.6 Å². The van der Waals surface area contributed by atoms with Gasteiger partial charge in [-0.2, -0.15) is 0 Å². The van der Waals surface area contributed by atoms with E-state index in [1.165, 1.54) is 4.90 Å². The Balaban J connectivity index is 1.75. The van der Waals surface area contributed by atoms with Gasteiger partial charge in [-0.05, 0) is 55.9 Å². The molecule has 0 unspecified atom stereocenters. The largest absolute Gasteiger partial charge is 0.508 e. The number of nitrogens with two attached hydrogens (primary N) is 1. The second kappa shape index (κ2) is 7.81. The molecule has 1 amide bonds. The normalized spacial score (nSPS) is 27.8. The van der Waals surface area contributed by atoms with Crippen molar-refractivity contribution in [1.82, 2.24) is 4.90 Å². The van der Waals surface area contributed by atoms with Crippen molar-refractivity contribution in [3.8, 4) is 5.75 Å². The number of hydrogen-bond donors (Lipinski definition) is 6. The molecule has 0 aromatic heterocycles. The molecule has 4 atom stereocenters. The fourth-order valence-electron chi connectivity index (χ4n) is 6.17. The number of rotatable bonds is 3. The Morgan fingerprint density at radius 1 is 1.17 bits per heavy atom. The minimum Gasteiger partial charge on any atom is -0.508 e. The molecule has 2 aromatic carbocycles. The molecule has 0 saturated heterocycles. The van der Waals surface area contributed by atoms with Crippen molar-refractivity contribution in [1.29, 1.82) is 0 Å². The molecule has 3 aliphatic carbocycles. The van der Waals surface area contributed by atoms with Crippen LogP contribution in [0.2, 0.25) is 0 Å². The lowest BCUT2D eigenvalue weighted by atomic mass is 9.57. The van der Waals surface area contributed by atoms with Gasteiger partial charge in [-0.25, -0.2) is 0 Å². The van der Waals surface area contributed by atoms with Crippen molar-refractivity contribution in [3.05, 3.63) is 52.3 Å². The molecule has 0 spiro atoms. The topological polar surface area (TPSA) is 173 Å². The Morgan fingerprint density at radius 3 is 2.47 bits per heavy atom. The average molecular weight is 494 g/mol. The summed E-state index contributed by atoms with van der Waals surface area (Å²) >= 11 is 0. The number of hydrogen-bond acceptors (Lipinski definition) is 9. The third-order valence-electron chi connectivity index (χ3n) is 7.81. The van der Waals surface area contributed by atoms with E-state index in [0.717, 1.165) is 11.1 Å². The molecule has 0 aliphatic heterocycles. The number of aromatic hydroxyl groups is 1. The zero-order valence-electron chi connectivity index (χ0n) is 20.0. The Labute approximate surface area is 206 Å². The fourth-order valence-corrected chi connectivity index (χ4v) is 6.17. The zero-order chi connectivity index (χ0) is 26.3. The molecule has 1 fully saturated rings. The molecule has 5 rings (SSSR count). The van der Waals surface area contributed by atoms with Gasteiger partial charge in [0.1, 0.15) is 22.8 Å². The summed E-state index contributed by atoms with van der Waals surface area (Å²) < 4.78 is 0. The van der Waals surface area contributed by atoms with E-state index in [1.54, 1.807) is 27.2 Å². The smallest absolute Gasteiger partial charge is 0.255 e. The standard InChI is InChI=1S/C26H27N3O7/c1-28-13-5-4-10-6-11-7-12-8-15-19(29(2)3)22(32)18(25(27)35)24(34)26(15,36)23(33)17(12)21(31)16(11)20(30)14(10)9-13/h4-6,9,12,15,19,28,30-31,34,36H,7-8H2,1-3H3,(H2,27,35)/t12-,15-,19-,26-/m0/s1. The predicted octanol–water partition coefficient (Wildman–Crippen LogP) is 1.16. The monoisotopic (exact) mass is 493 g/mol. The highest BCUT2D eigenvalue weighted by atomic mass is 16.3. The van der Waals surface area contributed by atoms with E-state index < -0.39 is 58.0 Å². The van der Waals surface area contributed by atoms with Gasteiger partial charge in [-0.1, -0.05) is 12.1 Å². The summed E-state index contributed by atoms with van der Waals surface area (Å²) in [6.45, 7) is 0. The number of phenols is 1. The highest BCUT2D eigenvalue weighted by Gasteiger charge is 2.64. The quantitative estimate of drug-likeness (QED) is 0.343. The molecule has 7 N–H and O–H groups in total. The molecule has 10 nitrogen and oxygen atoms in total. The molecule has 36 heavy (non-hydrogen) atoms. The number of amides is 1. The fraction of sp³-hybridized carbons (Fsp3) is 0.346. The van der Waals surface area contributed by atoms with Crippen molar-refractivity contribution < 1.29 is 34.8 Å². The lowest BCUT2D eigenvalue weighted by Gasteiger charge is -2.50. The maximum absolute atomic E-state index is 13.8. The van der Waals surface area contributed by atoms with Gasteiger partial charge in [0.2, 0.25) is 5.78 Å². The lowest BCUT2D eigenvalue weighted by Crippen LogP contribution is -2.65. The van der Waals surface area contributed by atoms with Crippen molar-refractivity contribution in [3.63, 3.8) is 0 Å². The van der Waals surface area contributed by atoms with Gasteiger partial charge in [-0.15, -0.1) is 0 Å². The number of ketones is 2. The van der Waals surface area contributed by atoms with E-state index in [9.17, 15) is 34.8 Å². The molecule has 3 aliphatic rings. The highest BCUT2D eigenvalue weighted by Crippen LogP contribution is 2.53. The number of carbonyl (C=O) groups excluding carboxylic acids is 3. The number of Topliss-reactive ketones (excluding diaryl/α,β-unsaturated/α-hetero) is 2. The summed E-state index contributed by atoms with van der Waals surface area (Å²) in [6.07, 6.45) is 0.315. The van der Waals surface area contributed by atoms with Crippen LogP contribution in [0, 0.1) is 11.8 Å². The van der Waals surface area contributed by atoms with Crippen LogP contribution >= 0.6 is 0 Å². The first kappa shape index (κ1) is 23.8. The number of phenolic OH excluding ortho intramolecular Hbond substituents is 1. The van der Waals surface area contributed by atoms with Crippen LogP contribution < -0.4 is 11.1 Å². The molecule has 1 saturated carbocycles. The number of aliphatic hydroxyl groups is 3. The van der Waals surface area contributed by atoms with Crippen LogP contribution in [-0.4, -0.2) is 75.6 Å². The van der Waals surface area contributed by atoms with E-state index in [-0.39, 0.29) is 29.7 Å². The van der Waals surface area contributed by atoms with Crippen LogP contribution in [0.5, 0.6) is 5.75 Å². The molecule has 0 radical (unpaired) electrons. The predicted molar refractivity (Wildman–Crippen MR) is 131 cm³/mol. The first-order valence-corrected chi connectivity index (χ1v) is 11.5. The summed E-state index contributed by atoms with van der Waals surface area (Å²) in [5.74, 6) is -6.56. The van der Waals surface area contributed by atoms with Gasteiger partial charge in [0.15, 0.2) is 11.4 Å². The molecule has 0 heterocycles. The first-order chi connectivity index (χ1) is 16.9. The third kappa shape index (κ3) is 2.94. The first-order valence-electron chi connectivity index (χ1n) is 11.5. The number of likely N-dealkylation sites (N-methyl/N-ethyl adjacent to an activating group) is 1. The van der Waals surface area contributed by atoms with Crippen molar-refractivity contribution in [2.24, 2.45) is 17.6 Å². The summed E-state index contributed by atoms with van der Waals surface area (Å²) in [4.78, 5) is 40.5. The van der Waals surface area contributed by atoms with Crippen LogP contribution in [0.15, 0.2) is 41.2 Å². The van der Waals surface area contributed by atoms with Crippen LogP contribution in [0.1, 0.15) is 17.5 Å². The number of fused-ring (bicyclic) bond motifs is 4. The van der Waals surface area contributed by atoms with Crippen molar-refractivity contribution in [2.45, 2.75) is 24.5 Å². The maximum Gasteiger partial charge on any atom is 0.255 e. The van der Waals surface area contributed by atoms with Crippen LogP contribution in [0.4, 0.5) is 5.69 Å². The van der Waals surface area contributed by atoms with E-state index in [2.05, 4.69) is 5.32 Å². The van der Waals surface area contributed by atoms with Crippen LogP contribution in [0.3, 0.4) is 0 Å². The van der Waals surface area contributed by atoms with Crippen molar-refractivity contribution >= 4 is 39.7 Å². The van der Waals surface area contributed by atoms with Gasteiger partial charge in [0.25, 0.3) is 5.91 Å². The van der Waals surface area contributed by atoms with Gasteiger partial charge < -0.3 is 31.5 Å². The summed E-state index contributed by atoms with van der Waals surface area (Å²) in [5, 5.41) is 49.1. The molecule has 10 heteroatoms. The summed E-state index contributed by atoms with van der Waals surface area (Å²) in [6, 6.07) is 6.12. The number of nitrogens with one attached hydrogen (secondary N) is 1. The summed E-state index contributed by atoms with van der Waals surface area (Å²) in [7, 11) is 4.86. The third-order valence-corrected chi connectivity index (χ3v) is 7.81. The number of nitrogens with zero attached hydrogens (tertiary/aromatic N) is 1. The summed E-state index contributed by atoms with van der Waals surface area (Å²) in [5.41, 5.74) is 3.13. The van der Waals surface area contributed by atoms with Crippen molar-refractivity contribution in [2.75, 3.05) is 26.5 Å². The molecular formula is C26H27N3O7. The number of benzene rings is 2. The van der Waals surface area contributed by atoms with Crippen LogP contribution in [-0.2, 0) is 20.8 Å². The highest BCUT2D eigenvalue weighted by molar-refractivity contribution is 6.24. The molecule has 0 bridgehead atoms. The molecule has 188 valence electrons. The number of primary amides is 1. The Kier molecular flexibility index (Phi) is 5.17.